The first-order valence-corrected chi connectivity index (χ1v) is 13.0. The first-order valence-electron chi connectivity index (χ1n) is 9.46. The lowest BCUT2D eigenvalue weighted by atomic mass is 9.94. The summed E-state index contributed by atoms with van der Waals surface area (Å²) in [7, 11) is -17.9. The molecule has 0 aromatic carbocycles. The van der Waals surface area contributed by atoms with Gasteiger partial charge >= 0.3 is 29.2 Å². The SMILES string of the molecule is [2H]C([2H])(OP(=O)(O)OP(=O)(O)OP(=O)(O)O)[C@H]1O[C@@H](n2c(C)cc(N)nc2=O)C(O)(C#CCF)[C@H]1O. The molecule has 192 valence electrons. The second-order valence-corrected chi connectivity index (χ2v) is 10.7. The first kappa shape index (κ1) is 25.5. The number of phosphoric acid groups is 3. The molecule has 0 aliphatic carbocycles. The molecule has 1 fully saturated rings. The third kappa shape index (κ3) is 7.00. The molecule has 21 heteroatoms. The summed E-state index contributed by atoms with van der Waals surface area (Å²) in [6, 6.07) is 1.11. The number of alkyl halides is 1. The highest BCUT2D eigenvalue weighted by molar-refractivity contribution is 7.66. The predicted molar refractivity (Wildman–Crippen MR) is 106 cm³/mol. The monoisotopic (exact) mass is 555 g/mol. The molecular formula is C13H19FN3O14P3. The zero-order valence-corrected chi connectivity index (χ0v) is 19.3. The molecule has 1 aliphatic heterocycles. The summed E-state index contributed by atoms with van der Waals surface area (Å²) in [6.07, 6.45) is -7.25. The normalized spacial score (nSPS) is 29.8. The van der Waals surface area contributed by atoms with Gasteiger partial charge in [0, 0.05) is 5.69 Å². The molecule has 1 aliphatic rings. The van der Waals surface area contributed by atoms with E-state index in [-0.39, 0.29) is 11.5 Å². The van der Waals surface area contributed by atoms with Gasteiger partial charge in [-0.2, -0.15) is 13.6 Å². The number of nitrogens with two attached hydrogens (primary N) is 1. The van der Waals surface area contributed by atoms with Crippen molar-refractivity contribution < 1.29 is 68.5 Å². The van der Waals surface area contributed by atoms with Crippen LogP contribution in [0.25, 0.3) is 0 Å². The van der Waals surface area contributed by atoms with E-state index in [1.165, 1.54) is 6.92 Å². The minimum absolute atomic E-state index is 0.0701. The van der Waals surface area contributed by atoms with Gasteiger partial charge in [0.15, 0.2) is 11.8 Å². The number of nitrogen functional groups attached to an aromatic ring is 1. The van der Waals surface area contributed by atoms with Gasteiger partial charge in [-0.15, -0.1) is 0 Å². The molecule has 0 radical (unpaired) electrons. The van der Waals surface area contributed by atoms with Crippen LogP contribution < -0.4 is 11.4 Å². The fourth-order valence-electron chi connectivity index (χ4n) is 2.69. The van der Waals surface area contributed by atoms with Crippen LogP contribution in [0.15, 0.2) is 10.9 Å². The maximum Gasteiger partial charge on any atom is 0.490 e. The van der Waals surface area contributed by atoms with Crippen LogP contribution >= 0.6 is 23.5 Å². The Hall–Kier alpha value is -1.54. The van der Waals surface area contributed by atoms with Crippen molar-refractivity contribution in [3.63, 3.8) is 0 Å². The van der Waals surface area contributed by atoms with E-state index in [2.05, 4.69) is 18.1 Å². The maximum absolute atomic E-state index is 12.7. The number of rotatable bonds is 8. The topological polar surface area (TPSA) is 270 Å². The summed E-state index contributed by atoms with van der Waals surface area (Å²) in [5.41, 5.74) is 1.21. The van der Waals surface area contributed by atoms with Gasteiger partial charge in [0.25, 0.3) is 0 Å². The van der Waals surface area contributed by atoms with E-state index in [9.17, 15) is 42.9 Å². The van der Waals surface area contributed by atoms with Crippen LogP contribution in [0.5, 0.6) is 0 Å². The highest BCUT2D eigenvalue weighted by atomic mass is 31.3. The van der Waals surface area contributed by atoms with E-state index in [0.29, 0.717) is 4.57 Å². The molecule has 34 heavy (non-hydrogen) atoms. The van der Waals surface area contributed by atoms with Crippen LogP contribution in [0, 0.1) is 18.8 Å². The number of nitrogens with zero attached hydrogens (tertiary/aromatic N) is 2. The lowest BCUT2D eigenvalue weighted by Crippen LogP contribution is -2.48. The number of aryl methyl sites for hydroxylation is 1. The number of aliphatic hydroxyl groups excluding tert-OH is 1. The molecule has 0 amide bonds. The van der Waals surface area contributed by atoms with Crippen molar-refractivity contribution in [3.8, 4) is 11.8 Å². The molecule has 6 atom stereocenters. The van der Waals surface area contributed by atoms with Gasteiger partial charge in [-0.3, -0.25) is 9.09 Å². The van der Waals surface area contributed by atoms with Gasteiger partial charge < -0.3 is 40.3 Å². The Morgan fingerprint density at radius 3 is 2.47 bits per heavy atom. The van der Waals surface area contributed by atoms with Crippen molar-refractivity contribution >= 4 is 29.3 Å². The van der Waals surface area contributed by atoms with Gasteiger partial charge in [-0.25, -0.2) is 22.9 Å². The number of aliphatic hydroxyl groups is 2. The number of hydrogen-bond donors (Lipinski definition) is 7. The molecule has 8 N–H and O–H groups in total. The fraction of sp³-hybridized carbons (Fsp3) is 0.538. The average molecular weight is 555 g/mol. The molecule has 3 unspecified atom stereocenters. The van der Waals surface area contributed by atoms with Crippen molar-refractivity contribution in [3.05, 3.63) is 22.2 Å². The van der Waals surface area contributed by atoms with Crippen LogP contribution in [0.2, 0.25) is 0 Å². The van der Waals surface area contributed by atoms with Crippen LogP contribution in [-0.4, -0.2) is 70.4 Å². The highest BCUT2D eigenvalue weighted by Crippen LogP contribution is 2.66. The molecule has 1 saturated heterocycles. The number of halogens is 1. The molecule has 1 aromatic heterocycles. The Morgan fingerprint density at radius 2 is 1.94 bits per heavy atom. The second kappa shape index (κ2) is 10.2. The molecule has 2 heterocycles. The lowest BCUT2D eigenvalue weighted by Gasteiger charge is -2.27. The third-order valence-corrected chi connectivity index (χ3v) is 7.51. The number of hydrogen-bond acceptors (Lipinski definition) is 12. The van der Waals surface area contributed by atoms with E-state index < -0.39 is 66.4 Å². The Kier molecular flexibility index (Phi) is 7.67. The zero-order valence-electron chi connectivity index (χ0n) is 18.7. The summed E-state index contributed by atoms with van der Waals surface area (Å²) in [5, 5.41) is 21.6. The second-order valence-electron chi connectivity index (χ2n) is 6.39. The Labute approximate surface area is 192 Å². The molecular weight excluding hydrogens is 534 g/mol. The van der Waals surface area contributed by atoms with E-state index in [1.807, 2.05) is 5.92 Å². The van der Waals surface area contributed by atoms with Gasteiger partial charge in [0.2, 0.25) is 0 Å². The summed E-state index contributed by atoms with van der Waals surface area (Å²) >= 11 is 0. The molecule has 0 bridgehead atoms. The smallest absolute Gasteiger partial charge is 0.386 e. The van der Waals surface area contributed by atoms with Crippen molar-refractivity contribution in [1.82, 2.24) is 9.55 Å². The minimum Gasteiger partial charge on any atom is -0.386 e. The number of ether oxygens (including phenoxy) is 1. The summed E-state index contributed by atoms with van der Waals surface area (Å²) in [5.74, 6) is 3.36. The minimum atomic E-state index is -6.10. The van der Waals surface area contributed by atoms with Gasteiger partial charge in [0.05, 0.1) is 9.30 Å². The standard InChI is InChI=1S/C13H19FN3O14P3/c1-7-5-9(15)16-12(19)17(7)11-13(20,3-2-4-14)10(18)8(29-11)6-28-33(24,25)31-34(26,27)30-32(21,22)23/h5,8,10-11,18,20H,4,6H2,1H3,(H,24,25)(H,26,27)(H2,15,16,19)(H2,21,22,23)/t8-,10+,11-,13?/m1/s1/i6D2. The van der Waals surface area contributed by atoms with Crippen molar-refractivity contribution in [1.29, 1.82) is 0 Å². The van der Waals surface area contributed by atoms with Crippen molar-refractivity contribution in [2.45, 2.75) is 31.0 Å². The molecule has 0 saturated carbocycles. The van der Waals surface area contributed by atoms with Crippen LogP contribution in [0.4, 0.5) is 10.2 Å². The van der Waals surface area contributed by atoms with Crippen LogP contribution in [0.3, 0.4) is 0 Å². The largest absolute Gasteiger partial charge is 0.490 e. The van der Waals surface area contributed by atoms with Gasteiger partial charge in [0.1, 0.15) is 24.7 Å². The third-order valence-electron chi connectivity index (χ3n) is 3.85. The molecule has 2 rings (SSSR count). The fourth-order valence-corrected chi connectivity index (χ4v) is 5.56. The summed E-state index contributed by atoms with van der Waals surface area (Å²) < 4.78 is 79.5. The number of anilines is 1. The molecule has 1 aromatic rings. The van der Waals surface area contributed by atoms with Crippen LogP contribution in [0.1, 0.15) is 14.7 Å². The van der Waals surface area contributed by atoms with Gasteiger partial charge in [-0.1, -0.05) is 11.8 Å². The Morgan fingerprint density at radius 1 is 1.32 bits per heavy atom. The summed E-state index contributed by atoms with van der Waals surface area (Å²) in [6.45, 7) is -3.87. The van der Waals surface area contributed by atoms with E-state index in [4.69, 9.17) is 23.0 Å². The quantitative estimate of drug-likeness (QED) is 0.141. The first-order chi connectivity index (χ1) is 16.1. The highest BCUT2D eigenvalue weighted by Gasteiger charge is 2.57. The van der Waals surface area contributed by atoms with Crippen molar-refractivity contribution in [2.75, 3.05) is 19.0 Å². The van der Waals surface area contributed by atoms with Crippen molar-refractivity contribution in [2.24, 2.45) is 0 Å². The maximum atomic E-state index is 12.7. The number of phosphoric ester groups is 1. The lowest BCUT2D eigenvalue weighted by molar-refractivity contribution is -0.0771. The predicted octanol–water partition coefficient (Wildman–Crippen LogP) is -1.56. The summed E-state index contributed by atoms with van der Waals surface area (Å²) in [4.78, 5) is 51.7. The van der Waals surface area contributed by atoms with Crippen LogP contribution in [-0.2, 0) is 31.6 Å². The molecule has 0 spiro atoms. The molecule has 17 nitrogen and oxygen atoms in total. The van der Waals surface area contributed by atoms with E-state index in [1.54, 1.807) is 5.92 Å². The van der Waals surface area contributed by atoms with E-state index >= 15 is 0 Å². The van der Waals surface area contributed by atoms with E-state index in [0.717, 1.165) is 6.07 Å². The Bertz CT molecular complexity index is 1280. The number of aromatic nitrogens is 2. The Balaban J connectivity index is 2.48. The van der Waals surface area contributed by atoms with Gasteiger partial charge in [-0.05, 0) is 13.0 Å². The average Bonchev–Trinajstić information content (AvgIpc) is 2.88. The zero-order chi connectivity index (χ0) is 27.9.